The molecule has 0 radical (unpaired) electrons. The fraction of sp³-hybridized carbons (Fsp3) is 0.562. The van der Waals surface area contributed by atoms with Gasteiger partial charge in [0.2, 0.25) is 5.91 Å². The summed E-state index contributed by atoms with van der Waals surface area (Å²) >= 11 is 0. The average Bonchev–Trinajstić information content (AvgIpc) is 2.41. The molecule has 0 spiro atoms. The number of likely N-dealkylation sites (tertiary alicyclic amines) is 1. The number of hydrogen-bond acceptors (Lipinski definition) is 2. The number of hydrogen-bond donors (Lipinski definition) is 1. The van der Waals surface area contributed by atoms with Gasteiger partial charge in [0.15, 0.2) is 0 Å². The number of carbonyl (C=O) groups excluding carboxylic acids is 1. The Kier molecular flexibility index (Phi) is 5.53. The van der Waals surface area contributed by atoms with Gasteiger partial charge in [-0.1, -0.05) is 19.1 Å². The summed E-state index contributed by atoms with van der Waals surface area (Å²) in [6.07, 6.45) is 2.88. The largest absolute Gasteiger partial charge is 0.355 e. The molecule has 0 saturated carbocycles. The summed E-state index contributed by atoms with van der Waals surface area (Å²) in [5.41, 5.74) is 0.843. The molecular weight excluding hydrogens is 255 g/mol. The number of nitrogens with zero attached hydrogens (tertiary/aromatic N) is 1. The summed E-state index contributed by atoms with van der Waals surface area (Å²) in [6.45, 7) is 6.15. The lowest BCUT2D eigenvalue weighted by Gasteiger charge is -2.30. The molecule has 110 valence electrons. The predicted molar refractivity (Wildman–Crippen MR) is 78.0 cm³/mol. The second-order valence-corrected chi connectivity index (χ2v) is 5.70. The Morgan fingerprint density at radius 1 is 1.40 bits per heavy atom. The maximum absolute atomic E-state index is 12.8. The van der Waals surface area contributed by atoms with Gasteiger partial charge in [-0.3, -0.25) is 4.79 Å². The molecule has 1 atom stereocenters. The first kappa shape index (κ1) is 15.0. The van der Waals surface area contributed by atoms with Gasteiger partial charge in [0.1, 0.15) is 5.82 Å². The molecule has 1 aromatic rings. The van der Waals surface area contributed by atoms with Crippen molar-refractivity contribution in [1.29, 1.82) is 0 Å². The number of nitrogens with one attached hydrogen (secondary N) is 1. The highest BCUT2D eigenvalue weighted by molar-refractivity contribution is 5.78. The van der Waals surface area contributed by atoms with Crippen LogP contribution in [0.5, 0.6) is 0 Å². The van der Waals surface area contributed by atoms with Crippen LogP contribution in [0.25, 0.3) is 0 Å². The van der Waals surface area contributed by atoms with Gasteiger partial charge in [0.05, 0.1) is 6.42 Å². The van der Waals surface area contributed by atoms with Gasteiger partial charge in [0.25, 0.3) is 0 Å². The molecule has 1 heterocycles. The van der Waals surface area contributed by atoms with Crippen LogP contribution in [0.2, 0.25) is 0 Å². The summed E-state index contributed by atoms with van der Waals surface area (Å²) in [6, 6.07) is 6.08. The van der Waals surface area contributed by atoms with Crippen LogP contribution < -0.4 is 5.32 Å². The van der Waals surface area contributed by atoms with Gasteiger partial charge in [0, 0.05) is 19.6 Å². The second kappa shape index (κ2) is 7.39. The third kappa shape index (κ3) is 4.93. The standard InChI is InChI=1S/C16H23FN2O/c1-13-3-2-9-19(12-13)10-8-18-16(20)11-14-4-6-15(17)7-5-14/h4-7,13H,2-3,8-12H2,1H3,(H,18,20). The van der Waals surface area contributed by atoms with Crippen LogP contribution in [-0.4, -0.2) is 37.0 Å². The van der Waals surface area contributed by atoms with E-state index in [2.05, 4.69) is 17.1 Å². The van der Waals surface area contributed by atoms with Crippen molar-refractivity contribution in [3.63, 3.8) is 0 Å². The molecule has 1 unspecified atom stereocenters. The lowest BCUT2D eigenvalue weighted by molar-refractivity contribution is -0.120. The van der Waals surface area contributed by atoms with Crippen LogP contribution >= 0.6 is 0 Å². The molecule has 0 aliphatic carbocycles. The van der Waals surface area contributed by atoms with E-state index in [0.29, 0.717) is 13.0 Å². The number of benzene rings is 1. The maximum Gasteiger partial charge on any atom is 0.224 e. The van der Waals surface area contributed by atoms with Gasteiger partial charge < -0.3 is 10.2 Å². The molecule has 2 rings (SSSR count). The van der Waals surface area contributed by atoms with Crippen LogP contribution in [0, 0.1) is 11.7 Å². The van der Waals surface area contributed by atoms with Crippen LogP contribution in [0.15, 0.2) is 24.3 Å². The summed E-state index contributed by atoms with van der Waals surface area (Å²) in [7, 11) is 0. The summed E-state index contributed by atoms with van der Waals surface area (Å²) in [5, 5.41) is 2.93. The van der Waals surface area contributed by atoms with E-state index in [9.17, 15) is 9.18 Å². The van der Waals surface area contributed by atoms with Gasteiger partial charge in [-0.05, 0) is 43.0 Å². The minimum Gasteiger partial charge on any atom is -0.355 e. The Balaban J connectivity index is 1.66. The molecule has 1 aliphatic heterocycles. The monoisotopic (exact) mass is 278 g/mol. The van der Waals surface area contributed by atoms with Gasteiger partial charge >= 0.3 is 0 Å². The fourth-order valence-electron chi connectivity index (χ4n) is 2.69. The highest BCUT2D eigenvalue weighted by Gasteiger charge is 2.15. The first-order valence-electron chi connectivity index (χ1n) is 7.37. The summed E-state index contributed by atoms with van der Waals surface area (Å²) in [5.74, 6) is 0.494. The lowest BCUT2D eigenvalue weighted by Crippen LogP contribution is -2.40. The van der Waals surface area contributed by atoms with Gasteiger partial charge in [-0.25, -0.2) is 4.39 Å². The van der Waals surface area contributed by atoms with Crippen LogP contribution in [0.3, 0.4) is 0 Å². The lowest BCUT2D eigenvalue weighted by atomic mass is 10.0. The van der Waals surface area contributed by atoms with E-state index in [1.807, 2.05) is 0 Å². The van der Waals surface area contributed by atoms with E-state index in [4.69, 9.17) is 0 Å². The van der Waals surface area contributed by atoms with Crippen molar-refractivity contribution >= 4 is 5.91 Å². The van der Waals surface area contributed by atoms with Crippen LogP contribution in [-0.2, 0) is 11.2 Å². The first-order chi connectivity index (χ1) is 9.63. The van der Waals surface area contributed by atoms with E-state index in [1.54, 1.807) is 12.1 Å². The highest BCUT2D eigenvalue weighted by Crippen LogP contribution is 2.14. The minimum atomic E-state index is -0.270. The average molecular weight is 278 g/mol. The third-order valence-electron chi connectivity index (χ3n) is 3.77. The SMILES string of the molecule is CC1CCCN(CCNC(=O)Cc2ccc(F)cc2)C1. The van der Waals surface area contributed by atoms with Gasteiger partial charge in [-0.15, -0.1) is 0 Å². The van der Waals surface area contributed by atoms with Crippen LogP contribution in [0.4, 0.5) is 4.39 Å². The number of rotatable bonds is 5. The fourth-order valence-corrected chi connectivity index (χ4v) is 2.69. The Bertz CT molecular complexity index is 433. The summed E-state index contributed by atoms with van der Waals surface area (Å²) in [4.78, 5) is 14.2. The molecular formula is C16H23FN2O. The van der Waals surface area contributed by atoms with Crippen LogP contribution in [0.1, 0.15) is 25.3 Å². The molecule has 1 fully saturated rings. The molecule has 0 aromatic heterocycles. The van der Waals surface area contributed by atoms with Crippen molar-refractivity contribution in [3.05, 3.63) is 35.6 Å². The molecule has 1 aliphatic rings. The zero-order valence-electron chi connectivity index (χ0n) is 12.1. The molecule has 3 nitrogen and oxygen atoms in total. The van der Waals surface area contributed by atoms with Crippen molar-refractivity contribution in [1.82, 2.24) is 10.2 Å². The third-order valence-corrected chi connectivity index (χ3v) is 3.77. The normalized spacial score (nSPS) is 19.8. The molecule has 0 bridgehead atoms. The molecule has 1 aromatic carbocycles. The van der Waals surface area contributed by atoms with E-state index in [0.717, 1.165) is 31.1 Å². The second-order valence-electron chi connectivity index (χ2n) is 5.70. The number of halogens is 1. The molecule has 20 heavy (non-hydrogen) atoms. The Morgan fingerprint density at radius 2 is 2.15 bits per heavy atom. The zero-order valence-corrected chi connectivity index (χ0v) is 12.1. The first-order valence-corrected chi connectivity index (χ1v) is 7.37. The summed E-state index contributed by atoms with van der Waals surface area (Å²) < 4.78 is 12.8. The molecule has 1 amide bonds. The Labute approximate surface area is 120 Å². The van der Waals surface area contributed by atoms with Gasteiger partial charge in [-0.2, -0.15) is 0 Å². The number of piperidine rings is 1. The smallest absolute Gasteiger partial charge is 0.224 e. The predicted octanol–water partition coefficient (Wildman–Crippen LogP) is 2.22. The highest BCUT2D eigenvalue weighted by atomic mass is 19.1. The van der Waals surface area contributed by atoms with Crippen molar-refractivity contribution < 1.29 is 9.18 Å². The number of amides is 1. The van der Waals surface area contributed by atoms with E-state index in [-0.39, 0.29) is 11.7 Å². The van der Waals surface area contributed by atoms with Crippen molar-refractivity contribution in [2.75, 3.05) is 26.2 Å². The molecule has 4 heteroatoms. The van der Waals surface area contributed by atoms with E-state index >= 15 is 0 Å². The Hall–Kier alpha value is -1.42. The topological polar surface area (TPSA) is 32.3 Å². The molecule has 1 N–H and O–H groups in total. The van der Waals surface area contributed by atoms with Crippen molar-refractivity contribution in [3.8, 4) is 0 Å². The quantitative estimate of drug-likeness (QED) is 0.895. The Morgan fingerprint density at radius 3 is 2.85 bits per heavy atom. The molecule has 1 saturated heterocycles. The van der Waals surface area contributed by atoms with Crippen molar-refractivity contribution in [2.45, 2.75) is 26.2 Å². The van der Waals surface area contributed by atoms with E-state index < -0.39 is 0 Å². The van der Waals surface area contributed by atoms with E-state index in [1.165, 1.54) is 25.0 Å². The maximum atomic E-state index is 12.8. The van der Waals surface area contributed by atoms with Crippen molar-refractivity contribution in [2.24, 2.45) is 5.92 Å². The minimum absolute atomic E-state index is 0.00154. The zero-order chi connectivity index (χ0) is 14.4. The number of carbonyl (C=O) groups is 1.